The van der Waals surface area contributed by atoms with Crippen LogP contribution in [0, 0.1) is 10.1 Å². The highest BCUT2D eigenvalue weighted by molar-refractivity contribution is 5.64. The number of hydrogen-bond donors (Lipinski definition) is 0. The second-order valence-electron chi connectivity index (χ2n) is 7.04. The first kappa shape index (κ1) is 22.4. The number of hydrogen-bond acceptors (Lipinski definition) is 7. The number of benzene rings is 2. The van der Waals surface area contributed by atoms with Crippen molar-refractivity contribution in [2.75, 3.05) is 19.8 Å². The summed E-state index contributed by atoms with van der Waals surface area (Å²) >= 11 is 0. The molecule has 33 heavy (non-hydrogen) atoms. The second-order valence-corrected chi connectivity index (χ2v) is 7.04. The molecule has 2 heterocycles. The van der Waals surface area contributed by atoms with E-state index < -0.39 is 11.3 Å². The van der Waals surface area contributed by atoms with Gasteiger partial charge in [0.25, 0.3) is 0 Å². The molecule has 1 atom stereocenters. The van der Waals surface area contributed by atoms with E-state index in [1.807, 2.05) is 0 Å². The third-order valence-corrected chi connectivity index (χ3v) is 4.69. The first-order chi connectivity index (χ1) is 15.8. The molecule has 174 valence electrons. The van der Waals surface area contributed by atoms with Gasteiger partial charge in [0.1, 0.15) is 37.0 Å². The largest absolute Gasteiger partial charge is 0.573 e. The first-order valence-electron chi connectivity index (χ1n) is 9.82. The first-order valence-corrected chi connectivity index (χ1v) is 9.82. The Bertz CT molecular complexity index is 1100. The van der Waals surface area contributed by atoms with E-state index in [0.29, 0.717) is 12.3 Å². The minimum Gasteiger partial charge on any atom is -0.491 e. The number of alkyl halides is 3. The second kappa shape index (κ2) is 9.36. The molecule has 1 aliphatic rings. The van der Waals surface area contributed by atoms with Gasteiger partial charge in [-0.3, -0.25) is 4.57 Å². The predicted molar refractivity (Wildman–Crippen MR) is 108 cm³/mol. The van der Waals surface area contributed by atoms with Gasteiger partial charge in [-0.15, -0.1) is 13.2 Å². The van der Waals surface area contributed by atoms with Gasteiger partial charge in [-0.1, -0.05) is 24.3 Å². The van der Waals surface area contributed by atoms with Gasteiger partial charge in [-0.25, -0.2) is 0 Å². The maximum Gasteiger partial charge on any atom is 0.573 e. The molecule has 0 saturated carbocycles. The summed E-state index contributed by atoms with van der Waals surface area (Å²) in [6.45, 7) is 1.17. The van der Waals surface area contributed by atoms with Crippen LogP contribution in [0.5, 0.6) is 17.5 Å². The van der Waals surface area contributed by atoms with Crippen LogP contribution in [0.4, 0.5) is 19.0 Å². The highest BCUT2D eigenvalue weighted by atomic mass is 19.4. The van der Waals surface area contributed by atoms with E-state index >= 15 is 0 Å². The number of rotatable bonds is 8. The summed E-state index contributed by atoms with van der Waals surface area (Å²) in [6.07, 6.45) is -3.71. The number of aromatic nitrogens is 2. The van der Waals surface area contributed by atoms with Crippen LogP contribution in [0.3, 0.4) is 0 Å². The standard InChI is InChI=1S/C21H18F3N3O6/c22-21(23,24)33-17-7-3-15(4-8-17)14-1-5-16(6-2-14)30-9-10-31-18-11-26-12-19(27(28)29)25-20(26)32-13-18/h1-8,12,18H,9-11,13H2/t18-/m0/s1. The van der Waals surface area contributed by atoms with Crippen molar-refractivity contribution < 1.29 is 37.0 Å². The minimum absolute atomic E-state index is 0.195. The molecule has 0 radical (unpaired) electrons. The molecular weight excluding hydrogens is 447 g/mol. The molecule has 1 aliphatic heterocycles. The molecule has 0 N–H and O–H groups in total. The van der Waals surface area contributed by atoms with Crippen molar-refractivity contribution in [2.45, 2.75) is 19.0 Å². The zero-order valence-corrected chi connectivity index (χ0v) is 17.0. The van der Waals surface area contributed by atoms with Gasteiger partial charge in [0, 0.05) is 4.98 Å². The molecule has 2 aromatic carbocycles. The fraction of sp³-hybridized carbons (Fsp3) is 0.286. The molecule has 0 amide bonds. The van der Waals surface area contributed by atoms with E-state index in [4.69, 9.17) is 14.2 Å². The van der Waals surface area contributed by atoms with E-state index in [0.717, 1.165) is 11.1 Å². The molecule has 0 bridgehead atoms. The van der Waals surface area contributed by atoms with Crippen LogP contribution < -0.4 is 14.2 Å². The molecule has 0 aliphatic carbocycles. The molecule has 0 spiro atoms. The lowest BCUT2D eigenvalue weighted by atomic mass is 10.1. The number of fused-ring (bicyclic) bond motifs is 1. The molecule has 12 heteroatoms. The molecule has 0 saturated heterocycles. The van der Waals surface area contributed by atoms with Gasteiger partial charge < -0.3 is 29.1 Å². The lowest BCUT2D eigenvalue weighted by molar-refractivity contribution is -0.389. The number of halogens is 3. The summed E-state index contributed by atoms with van der Waals surface area (Å²) in [5.41, 5.74) is 1.54. The van der Waals surface area contributed by atoms with Crippen molar-refractivity contribution in [2.24, 2.45) is 0 Å². The molecule has 4 rings (SSSR count). The maximum atomic E-state index is 12.3. The fourth-order valence-electron chi connectivity index (χ4n) is 3.23. The summed E-state index contributed by atoms with van der Waals surface area (Å²) in [7, 11) is 0. The Morgan fingerprint density at radius 3 is 2.30 bits per heavy atom. The average molecular weight is 465 g/mol. The Morgan fingerprint density at radius 1 is 1.06 bits per heavy atom. The summed E-state index contributed by atoms with van der Waals surface area (Å²) in [5, 5.41) is 10.8. The zero-order chi connectivity index (χ0) is 23.4. The van der Waals surface area contributed by atoms with Gasteiger partial charge >= 0.3 is 18.2 Å². The monoisotopic (exact) mass is 465 g/mol. The van der Waals surface area contributed by atoms with Crippen LogP contribution >= 0.6 is 0 Å². The third kappa shape index (κ3) is 5.92. The highest BCUT2D eigenvalue weighted by Crippen LogP contribution is 2.28. The van der Waals surface area contributed by atoms with Crippen molar-refractivity contribution in [1.29, 1.82) is 0 Å². The average Bonchev–Trinajstić information content (AvgIpc) is 3.21. The molecule has 3 aromatic rings. The molecular formula is C21H18F3N3O6. The Balaban J connectivity index is 1.22. The number of nitrogens with zero attached hydrogens (tertiary/aromatic N) is 3. The van der Waals surface area contributed by atoms with E-state index in [1.165, 1.54) is 35.0 Å². The van der Waals surface area contributed by atoms with Crippen LogP contribution in [0.1, 0.15) is 0 Å². The quantitative estimate of drug-likeness (QED) is 0.279. The van der Waals surface area contributed by atoms with E-state index in [1.54, 1.807) is 24.3 Å². The summed E-state index contributed by atoms with van der Waals surface area (Å²) in [5.74, 6) is 0.0480. The van der Waals surface area contributed by atoms with Crippen LogP contribution in [-0.2, 0) is 11.3 Å². The van der Waals surface area contributed by atoms with Gasteiger partial charge in [-0.05, 0) is 40.3 Å². The number of nitro groups is 1. The SMILES string of the molecule is O=[N+]([O-])c1cn2c(n1)OC[C@@H](OCCOc1ccc(-c3ccc(OC(F)(F)F)cc3)cc1)C2. The molecule has 0 fully saturated rings. The van der Waals surface area contributed by atoms with Crippen LogP contribution in [0.2, 0.25) is 0 Å². The molecule has 9 nitrogen and oxygen atoms in total. The van der Waals surface area contributed by atoms with E-state index in [-0.39, 0.29) is 43.5 Å². The zero-order valence-electron chi connectivity index (χ0n) is 17.0. The Hall–Kier alpha value is -3.80. The summed E-state index contributed by atoms with van der Waals surface area (Å²) < 4.78 is 58.9. The van der Waals surface area contributed by atoms with Crippen molar-refractivity contribution in [1.82, 2.24) is 9.55 Å². The third-order valence-electron chi connectivity index (χ3n) is 4.69. The summed E-state index contributed by atoms with van der Waals surface area (Å²) in [4.78, 5) is 14.0. The van der Waals surface area contributed by atoms with Gasteiger partial charge in [-0.2, -0.15) is 0 Å². The van der Waals surface area contributed by atoms with Gasteiger partial charge in [0.05, 0.1) is 13.2 Å². The minimum atomic E-state index is -4.72. The number of imidazole rings is 1. The maximum absolute atomic E-state index is 12.3. The summed E-state index contributed by atoms with van der Waals surface area (Å²) in [6, 6.07) is 12.9. The predicted octanol–water partition coefficient (Wildman–Crippen LogP) is 4.21. The van der Waals surface area contributed by atoms with E-state index in [9.17, 15) is 23.3 Å². The lowest BCUT2D eigenvalue weighted by Gasteiger charge is -2.22. The Kier molecular flexibility index (Phi) is 6.36. The number of ether oxygens (including phenoxy) is 4. The van der Waals surface area contributed by atoms with Gasteiger partial charge in [0.2, 0.25) is 0 Å². The van der Waals surface area contributed by atoms with Crippen molar-refractivity contribution >= 4 is 5.82 Å². The molecule has 1 aromatic heterocycles. The topological polar surface area (TPSA) is 97.9 Å². The normalized spacial score (nSPS) is 15.4. The smallest absolute Gasteiger partial charge is 0.491 e. The Labute approximate surface area is 185 Å². The van der Waals surface area contributed by atoms with Crippen molar-refractivity contribution in [3.63, 3.8) is 0 Å². The van der Waals surface area contributed by atoms with Gasteiger partial charge in [0.15, 0.2) is 0 Å². The van der Waals surface area contributed by atoms with Crippen LogP contribution in [0.15, 0.2) is 54.7 Å². The fourth-order valence-corrected chi connectivity index (χ4v) is 3.23. The van der Waals surface area contributed by atoms with E-state index in [2.05, 4.69) is 9.72 Å². The molecule has 0 unspecified atom stereocenters. The van der Waals surface area contributed by atoms with Crippen molar-refractivity contribution in [3.8, 4) is 28.6 Å². The lowest BCUT2D eigenvalue weighted by Crippen LogP contribution is -2.33. The van der Waals surface area contributed by atoms with Crippen molar-refractivity contribution in [3.05, 3.63) is 64.8 Å². The van der Waals surface area contributed by atoms with Crippen LogP contribution in [-0.4, -0.2) is 46.8 Å². The van der Waals surface area contributed by atoms with Crippen LogP contribution in [0.25, 0.3) is 11.1 Å². The highest BCUT2D eigenvalue weighted by Gasteiger charge is 2.31. The Morgan fingerprint density at radius 2 is 1.70 bits per heavy atom.